The van der Waals surface area contributed by atoms with Gasteiger partial charge in [0, 0.05) is 6.42 Å². The Bertz CT molecular complexity index is 617. The van der Waals surface area contributed by atoms with Gasteiger partial charge in [0.1, 0.15) is 6.10 Å². The van der Waals surface area contributed by atoms with E-state index in [1.54, 1.807) is 26.0 Å². The number of hydrogen-bond acceptors (Lipinski definition) is 6. The number of esters is 1. The van der Waals surface area contributed by atoms with E-state index < -0.39 is 15.9 Å². The Balaban J connectivity index is 5.11. The molecule has 0 aromatic rings. The molecular weight excluding hydrogens is 407 g/mol. The van der Waals surface area contributed by atoms with Gasteiger partial charge in [0.25, 0.3) is 0 Å². The summed E-state index contributed by atoms with van der Waals surface area (Å²) in [6.07, 6.45) is 4.92. The molecule has 29 heavy (non-hydrogen) atoms. The number of allylic oxidation sites excluding steroid dienone is 2. The Morgan fingerprint density at radius 1 is 1.17 bits per heavy atom. The first-order valence-corrected chi connectivity index (χ1v) is 14.8. The molecule has 168 valence electrons. The molecule has 0 rings (SSSR count). The van der Waals surface area contributed by atoms with Crippen LogP contribution < -0.4 is 0 Å². The molecule has 6 nitrogen and oxygen atoms in total. The Hall–Kier alpha value is -0.903. The van der Waals surface area contributed by atoms with E-state index in [1.165, 1.54) is 7.11 Å². The van der Waals surface area contributed by atoms with Crippen molar-refractivity contribution < 1.29 is 27.6 Å². The van der Waals surface area contributed by atoms with E-state index in [4.69, 9.17) is 18.2 Å². The van der Waals surface area contributed by atoms with Crippen LogP contribution >= 0.6 is 7.60 Å². The molecule has 0 fully saturated rings. The van der Waals surface area contributed by atoms with E-state index >= 15 is 0 Å². The van der Waals surface area contributed by atoms with Crippen LogP contribution in [-0.2, 0) is 27.6 Å². The zero-order valence-corrected chi connectivity index (χ0v) is 21.3. The molecule has 0 saturated heterocycles. The van der Waals surface area contributed by atoms with Crippen LogP contribution in [0.5, 0.6) is 0 Å². The summed E-state index contributed by atoms with van der Waals surface area (Å²) in [4.78, 5) is 11.4. The van der Waals surface area contributed by atoms with Crippen molar-refractivity contribution >= 4 is 21.9 Å². The normalized spacial score (nSPS) is 13.8. The topological polar surface area (TPSA) is 71.1 Å². The quantitative estimate of drug-likeness (QED) is 0.169. The van der Waals surface area contributed by atoms with Gasteiger partial charge >= 0.3 is 13.6 Å². The van der Waals surface area contributed by atoms with Crippen LogP contribution in [0.3, 0.4) is 0 Å². The maximum atomic E-state index is 12.4. The number of rotatable bonds is 12. The lowest BCUT2D eigenvalue weighted by Crippen LogP contribution is -2.43. The van der Waals surface area contributed by atoms with Gasteiger partial charge in [-0.2, -0.15) is 0 Å². The molecule has 0 aliphatic rings. The monoisotopic (exact) mass is 446 g/mol. The van der Waals surface area contributed by atoms with Crippen molar-refractivity contribution in [1.29, 1.82) is 0 Å². The third-order valence-electron chi connectivity index (χ3n) is 4.74. The molecule has 0 aliphatic heterocycles. The van der Waals surface area contributed by atoms with Gasteiger partial charge < -0.3 is 18.2 Å². The van der Waals surface area contributed by atoms with Crippen molar-refractivity contribution in [1.82, 2.24) is 0 Å². The van der Waals surface area contributed by atoms with Gasteiger partial charge in [-0.3, -0.25) is 9.36 Å². The van der Waals surface area contributed by atoms with Crippen molar-refractivity contribution in [3.05, 3.63) is 12.2 Å². The highest BCUT2D eigenvalue weighted by molar-refractivity contribution is 7.54. The summed E-state index contributed by atoms with van der Waals surface area (Å²) in [6, 6.07) is 0. The molecule has 0 spiro atoms. The minimum absolute atomic E-state index is 0.0622. The fourth-order valence-corrected chi connectivity index (χ4v) is 4.82. The molecule has 0 aromatic heterocycles. The van der Waals surface area contributed by atoms with Crippen LogP contribution in [0.15, 0.2) is 12.2 Å². The predicted octanol–water partition coefficient (Wildman–Crippen LogP) is 5.55. The lowest BCUT2D eigenvalue weighted by Gasteiger charge is -2.38. The first-order chi connectivity index (χ1) is 13.4. The molecule has 0 N–H and O–H groups in total. The predicted molar refractivity (Wildman–Crippen MR) is 121 cm³/mol. The van der Waals surface area contributed by atoms with Gasteiger partial charge in [0.15, 0.2) is 8.32 Å². The highest BCUT2D eigenvalue weighted by atomic mass is 31.2. The molecule has 1 unspecified atom stereocenters. The van der Waals surface area contributed by atoms with Crippen LogP contribution in [0, 0.1) is 11.8 Å². The van der Waals surface area contributed by atoms with E-state index in [0.29, 0.717) is 32.5 Å². The van der Waals surface area contributed by atoms with E-state index in [9.17, 15) is 9.36 Å². The Labute approximate surface area is 178 Å². The maximum absolute atomic E-state index is 12.4. The third-order valence-corrected chi connectivity index (χ3v) is 11.2. The SMILES string of the molecule is CCOP(=O)(C/C=C/C#CC(CCCC(=O)OC)O[Si](C)(C)C(C)(C)C)OCC. The Morgan fingerprint density at radius 2 is 1.76 bits per heavy atom. The van der Waals surface area contributed by atoms with Gasteiger partial charge in [-0.25, -0.2) is 0 Å². The molecule has 1 atom stereocenters. The van der Waals surface area contributed by atoms with E-state index in [0.717, 1.165) is 0 Å². The number of carbonyl (C=O) groups excluding carboxylic acids is 1. The lowest BCUT2D eigenvalue weighted by atomic mass is 10.1. The van der Waals surface area contributed by atoms with Gasteiger partial charge in [-0.15, -0.1) is 0 Å². The van der Waals surface area contributed by atoms with Crippen molar-refractivity contribution in [2.75, 3.05) is 26.5 Å². The zero-order valence-electron chi connectivity index (χ0n) is 19.4. The van der Waals surface area contributed by atoms with E-state index in [-0.39, 0.29) is 23.3 Å². The summed E-state index contributed by atoms with van der Waals surface area (Å²) in [6.45, 7) is 15.1. The minimum Gasteiger partial charge on any atom is -0.469 e. The van der Waals surface area contributed by atoms with Gasteiger partial charge in [-0.1, -0.05) is 38.7 Å². The maximum Gasteiger partial charge on any atom is 0.334 e. The molecule has 0 aliphatic carbocycles. The standard InChI is InChI=1S/C21H39O6PSi/c1-9-25-28(23,26-10-2)18-13-11-12-15-19(16-14-17-20(22)24-6)27-29(7,8)21(3,4)5/h11,13,19H,9-10,14,16-18H2,1-8H3/b13-11+. The summed E-state index contributed by atoms with van der Waals surface area (Å²) < 4.78 is 34.1. The molecular formula is C21H39O6PSi. The Kier molecular flexibility index (Phi) is 13.0. The molecule has 0 bridgehead atoms. The van der Waals surface area contributed by atoms with E-state index in [1.807, 2.05) is 0 Å². The minimum atomic E-state index is -3.10. The fourth-order valence-electron chi connectivity index (χ4n) is 2.14. The summed E-state index contributed by atoms with van der Waals surface area (Å²) in [5.74, 6) is 5.90. The first-order valence-electron chi connectivity index (χ1n) is 10.2. The molecule has 0 heterocycles. The average molecular weight is 447 g/mol. The largest absolute Gasteiger partial charge is 0.469 e. The van der Waals surface area contributed by atoms with E-state index in [2.05, 4.69) is 45.7 Å². The Morgan fingerprint density at radius 3 is 2.24 bits per heavy atom. The summed E-state index contributed by atoms with van der Waals surface area (Å²) in [7, 11) is -3.71. The van der Waals surface area contributed by atoms with Crippen LogP contribution in [0.25, 0.3) is 0 Å². The van der Waals surface area contributed by atoms with Crippen molar-refractivity contribution in [3.8, 4) is 11.8 Å². The number of ether oxygens (including phenoxy) is 1. The van der Waals surface area contributed by atoms with Gasteiger partial charge in [0.05, 0.1) is 26.5 Å². The summed E-state index contributed by atoms with van der Waals surface area (Å²) in [5, 5.41) is 0.0622. The molecule has 0 aromatic carbocycles. The van der Waals surface area contributed by atoms with Crippen LogP contribution in [-0.4, -0.2) is 46.9 Å². The van der Waals surface area contributed by atoms with Gasteiger partial charge in [-0.05, 0) is 50.9 Å². The molecule has 0 amide bonds. The second-order valence-corrected chi connectivity index (χ2v) is 15.0. The summed E-state index contributed by atoms with van der Waals surface area (Å²) >= 11 is 0. The zero-order chi connectivity index (χ0) is 22.6. The van der Waals surface area contributed by atoms with Crippen molar-refractivity contribution in [3.63, 3.8) is 0 Å². The van der Waals surface area contributed by atoms with Crippen molar-refractivity contribution in [2.24, 2.45) is 0 Å². The molecule has 0 radical (unpaired) electrons. The fraction of sp³-hybridized carbons (Fsp3) is 0.762. The highest BCUT2D eigenvalue weighted by Gasteiger charge is 2.38. The van der Waals surface area contributed by atoms with Crippen LogP contribution in [0.1, 0.15) is 53.9 Å². The smallest absolute Gasteiger partial charge is 0.334 e. The average Bonchev–Trinajstić information content (AvgIpc) is 2.60. The third kappa shape index (κ3) is 11.8. The summed E-state index contributed by atoms with van der Waals surface area (Å²) in [5.41, 5.74) is 0. The molecule has 8 heteroatoms. The number of methoxy groups -OCH3 is 1. The second-order valence-electron chi connectivity index (χ2n) is 8.16. The lowest BCUT2D eigenvalue weighted by molar-refractivity contribution is -0.140. The number of carbonyl (C=O) groups is 1. The number of hydrogen-bond donors (Lipinski definition) is 0. The highest BCUT2D eigenvalue weighted by Crippen LogP contribution is 2.47. The first kappa shape index (κ1) is 28.1. The van der Waals surface area contributed by atoms with Crippen LogP contribution in [0.4, 0.5) is 0 Å². The van der Waals surface area contributed by atoms with Crippen LogP contribution in [0.2, 0.25) is 18.1 Å². The van der Waals surface area contributed by atoms with Crippen molar-refractivity contribution in [2.45, 2.75) is 78.1 Å². The molecule has 0 saturated carbocycles. The van der Waals surface area contributed by atoms with Gasteiger partial charge in [0.2, 0.25) is 0 Å². The second kappa shape index (κ2) is 13.4.